The highest BCUT2D eigenvalue weighted by molar-refractivity contribution is 5.99. The van der Waals surface area contributed by atoms with E-state index in [-0.39, 0.29) is 23.2 Å². The predicted octanol–water partition coefficient (Wildman–Crippen LogP) is 1.35. The van der Waals surface area contributed by atoms with E-state index in [9.17, 15) is 15.0 Å². The van der Waals surface area contributed by atoms with Crippen molar-refractivity contribution in [3.05, 3.63) is 23.8 Å². The fourth-order valence-electron chi connectivity index (χ4n) is 2.11. The number of rotatable bonds is 3. The molecule has 18 heavy (non-hydrogen) atoms. The molecule has 5 heteroatoms. The van der Waals surface area contributed by atoms with Crippen LogP contribution in [-0.2, 0) is 4.74 Å². The second-order valence-electron chi connectivity index (χ2n) is 4.49. The van der Waals surface area contributed by atoms with Gasteiger partial charge >= 0.3 is 0 Å². The number of ether oxygens (including phenoxy) is 1. The van der Waals surface area contributed by atoms with E-state index in [0.29, 0.717) is 6.54 Å². The molecule has 1 aromatic carbocycles. The van der Waals surface area contributed by atoms with Gasteiger partial charge in [-0.15, -0.1) is 0 Å². The van der Waals surface area contributed by atoms with Crippen LogP contribution in [0.1, 0.15) is 23.2 Å². The number of benzene rings is 1. The van der Waals surface area contributed by atoms with Gasteiger partial charge in [-0.2, -0.15) is 0 Å². The van der Waals surface area contributed by atoms with Crippen molar-refractivity contribution >= 4 is 5.91 Å². The van der Waals surface area contributed by atoms with Crippen molar-refractivity contribution in [3.8, 4) is 11.5 Å². The second-order valence-corrected chi connectivity index (χ2v) is 4.49. The zero-order chi connectivity index (χ0) is 13.1. The molecule has 5 nitrogen and oxygen atoms in total. The number of phenols is 2. The SMILES string of the molecule is CN(CC1CCCO1)C(=O)c1c(O)cccc1O. The molecule has 2 rings (SSSR count). The molecule has 1 unspecified atom stereocenters. The fraction of sp³-hybridized carbons (Fsp3) is 0.462. The molecule has 1 saturated heterocycles. The molecule has 1 aliphatic rings. The van der Waals surface area contributed by atoms with Gasteiger partial charge in [0, 0.05) is 20.2 Å². The highest BCUT2D eigenvalue weighted by atomic mass is 16.5. The van der Waals surface area contributed by atoms with Gasteiger partial charge in [0.05, 0.1) is 6.10 Å². The standard InChI is InChI=1S/C13H17NO4/c1-14(8-9-4-3-7-18-9)13(17)12-10(15)5-2-6-11(12)16/h2,5-6,9,15-16H,3-4,7-8H2,1H3. The molecule has 1 amide bonds. The molecule has 1 atom stereocenters. The van der Waals surface area contributed by atoms with Crippen LogP contribution in [0.15, 0.2) is 18.2 Å². The Hall–Kier alpha value is -1.75. The molecule has 0 saturated carbocycles. The molecule has 1 heterocycles. The highest BCUT2D eigenvalue weighted by Gasteiger charge is 2.24. The van der Waals surface area contributed by atoms with Crippen LogP contribution in [0.25, 0.3) is 0 Å². The van der Waals surface area contributed by atoms with E-state index < -0.39 is 5.91 Å². The molecule has 1 fully saturated rings. The van der Waals surface area contributed by atoms with E-state index >= 15 is 0 Å². The molecule has 0 spiro atoms. The van der Waals surface area contributed by atoms with Crippen LogP contribution >= 0.6 is 0 Å². The van der Waals surface area contributed by atoms with Gasteiger partial charge < -0.3 is 19.8 Å². The Morgan fingerprint density at radius 2 is 2.11 bits per heavy atom. The number of hydrogen-bond donors (Lipinski definition) is 2. The summed E-state index contributed by atoms with van der Waals surface area (Å²) in [6.07, 6.45) is 1.99. The average Bonchev–Trinajstić information content (AvgIpc) is 2.81. The predicted molar refractivity (Wildman–Crippen MR) is 65.7 cm³/mol. The van der Waals surface area contributed by atoms with Crippen molar-refractivity contribution in [3.63, 3.8) is 0 Å². The number of likely N-dealkylation sites (N-methyl/N-ethyl adjacent to an activating group) is 1. The van der Waals surface area contributed by atoms with Crippen molar-refractivity contribution in [1.82, 2.24) is 4.90 Å². The Labute approximate surface area is 106 Å². The Balaban J connectivity index is 2.10. The van der Waals surface area contributed by atoms with Gasteiger partial charge in [0.15, 0.2) is 0 Å². The van der Waals surface area contributed by atoms with Crippen molar-refractivity contribution in [2.45, 2.75) is 18.9 Å². The van der Waals surface area contributed by atoms with E-state index in [0.717, 1.165) is 19.4 Å². The largest absolute Gasteiger partial charge is 0.507 e. The van der Waals surface area contributed by atoms with Gasteiger partial charge in [0.2, 0.25) is 0 Å². The summed E-state index contributed by atoms with van der Waals surface area (Å²) in [5, 5.41) is 19.3. The Morgan fingerprint density at radius 3 is 2.67 bits per heavy atom. The first-order chi connectivity index (χ1) is 8.59. The maximum atomic E-state index is 12.1. The lowest BCUT2D eigenvalue weighted by Gasteiger charge is -2.21. The number of nitrogens with zero attached hydrogens (tertiary/aromatic N) is 1. The Morgan fingerprint density at radius 1 is 1.44 bits per heavy atom. The number of amides is 1. The van der Waals surface area contributed by atoms with Gasteiger partial charge in [-0.05, 0) is 25.0 Å². The van der Waals surface area contributed by atoms with Gasteiger partial charge in [-0.3, -0.25) is 4.79 Å². The number of carbonyl (C=O) groups excluding carboxylic acids is 1. The number of aromatic hydroxyl groups is 2. The zero-order valence-electron chi connectivity index (χ0n) is 10.3. The van der Waals surface area contributed by atoms with E-state index in [4.69, 9.17) is 4.74 Å². The molecule has 1 aliphatic heterocycles. The summed E-state index contributed by atoms with van der Waals surface area (Å²) in [6.45, 7) is 1.20. The summed E-state index contributed by atoms with van der Waals surface area (Å²) < 4.78 is 5.45. The third-order valence-electron chi connectivity index (χ3n) is 3.08. The molecule has 2 N–H and O–H groups in total. The van der Waals surface area contributed by atoms with E-state index in [1.165, 1.54) is 23.1 Å². The minimum absolute atomic E-state index is 0.0481. The molecule has 0 bridgehead atoms. The van der Waals surface area contributed by atoms with Crippen LogP contribution in [0.4, 0.5) is 0 Å². The first-order valence-electron chi connectivity index (χ1n) is 5.97. The van der Waals surface area contributed by atoms with Crippen molar-refractivity contribution in [2.75, 3.05) is 20.2 Å². The lowest BCUT2D eigenvalue weighted by molar-refractivity contribution is 0.0582. The molecule has 0 aromatic heterocycles. The molecule has 0 aliphatic carbocycles. The summed E-state index contributed by atoms with van der Waals surface area (Å²) in [6, 6.07) is 4.25. The summed E-state index contributed by atoms with van der Waals surface area (Å²) in [5.41, 5.74) is -0.0574. The third kappa shape index (κ3) is 2.56. The van der Waals surface area contributed by atoms with E-state index in [1.807, 2.05) is 0 Å². The number of hydrogen-bond acceptors (Lipinski definition) is 4. The van der Waals surface area contributed by atoms with E-state index in [2.05, 4.69) is 0 Å². The Kier molecular flexibility index (Phi) is 3.72. The topological polar surface area (TPSA) is 70.0 Å². The summed E-state index contributed by atoms with van der Waals surface area (Å²) in [7, 11) is 1.63. The molecular formula is C13H17NO4. The fourth-order valence-corrected chi connectivity index (χ4v) is 2.11. The van der Waals surface area contributed by atoms with Crippen molar-refractivity contribution < 1.29 is 19.7 Å². The smallest absolute Gasteiger partial charge is 0.261 e. The normalized spacial score (nSPS) is 18.8. The van der Waals surface area contributed by atoms with Gasteiger partial charge in [0.1, 0.15) is 17.1 Å². The summed E-state index contributed by atoms with van der Waals surface area (Å²) in [4.78, 5) is 13.6. The molecule has 1 aromatic rings. The minimum Gasteiger partial charge on any atom is -0.507 e. The van der Waals surface area contributed by atoms with Gasteiger partial charge in [-0.1, -0.05) is 6.07 Å². The first kappa shape index (κ1) is 12.7. The average molecular weight is 251 g/mol. The van der Waals surface area contributed by atoms with Crippen LogP contribution in [0.5, 0.6) is 11.5 Å². The highest BCUT2D eigenvalue weighted by Crippen LogP contribution is 2.27. The molecule has 98 valence electrons. The zero-order valence-corrected chi connectivity index (χ0v) is 10.3. The second kappa shape index (κ2) is 5.27. The Bertz CT molecular complexity index is 420. The lowest BCUT2D eigenvalue weighted by Crippen LogP contribution is -2.34. The van der Waals surface area contributed by atoms with Crippen LogP contribution in [0.3, 0.4) is 0 Å². The van der Waals surface area contributed by atoms with Crippen molar-refractivity contribution in [2.24, 2.45) is 0 Å². The monoisotopic (exact) mass is 251 g/mol. The first-order valence-corrected chi connectivity index (χ1v) is 5.97. The maximum Gasteiger partial charge on any atom is 0.261 e. The summed E-state index contributed by atoms with van der Waals surface area (Å²) >= 11 is 0. The van der Waals surface area contributed by atoms with Gasteiger partial charge in [-0.25, -0.2) is 0 Å². The van der Waals surface area contributed by atoms with Crippen molar-refractivity contribution in [1.29, 1.82) is 0 Å². The van der Waals surface area contributed by atoms with Crippen LogP contribution in [0, 0.1) is 0 Å². The third-order valence-corrected chi connectivity index (χ3v) is 3.08. The minimum atomic E-state index is -0.402. The van der Waals surface area contributed by atoms with Crippen LogP contribution < -0.4 is 0 Å². The van der Waals surface area contributed by atoms with Gasteiger partial charge in [0.25, 0.3) is 5.91 Å². The van der Waals surface area contributed by atoms with Crippen LogP contribution in [0.2, 0.25) is 0 Å². The molecular weight excluding hydrogens is 234 g/mol. The lowest BCUT2D eigenvalue weighted by atomic mass is 10.1. The van der Waals surface area contributed by atoms with E-state index in [1.54, 1.807) is 7.05 Å². The quantitative estimate of drug-likeness (QED) is 0.850. The molecule has 0 radical (unpaired) electrons. The van der Waals surface area contributed by atoms with Crippen LogP contribution in [-0.4, -0.2) is 47.3 Å². The number of phenolic OH excluding ortho intramolecular Hbond substituents is 2. The maximum absolute atomic E-state index is 12.1. The number of carbonyl (C=O) groups is 1. The summed E-state index contributed by atoms with van der Waals surface area (Å²) in [5.74, 6) is -0.820.